The fourth-order valence-electron chi connectivity index (χ4n) is 1.77. The third kappa shape index (κ3) is 3.30. The fraction of sp³-hybridized carbons (Fsp3) is 0.235. The second-order valence-electron chi connectivity index (χ2n) is 4.47. The molecule has 0 aliphatic rings. The van der Waals surface area contributed by atoms with Gasteiger partial charge in [-0.2, -0.15) is 0 Å². The molecule has 18 heavy (non-hydrogen) atoms. The first-order chi connectivity index (χ1) is 8.79. The van der Waals surface area contributed by atoms with Crippen molar-refractivity contribution in [2.45, 2.75) is 26.8 Å². The first-order valence-electron chi connectivity index (χ1n) is 6.44. The van der Waals surface area contributed by atoms with Crippen molar-refractivity contribution in [2.24, 2.45) is 4.99 Å². The van der Waals surface area contributed by atoms with Crippen LogP contribution in [0.4, 0.5) is 0 Å². The molecule has 0 spiro atoms. The molecule has 0 aliphatic carbocycles. The maximum atomic E-state index is 4.53. The van der Waals surface area contributed by atoms with Crippen molar-refractivity contribution in [3.05, 3.63) is 60.2 Å². The maximum absolute atomic E-state index is 4.53. The highest BCUT2D eigenvalue weighted by Gasteiger charge is 1.97. The van der Waals surface area contributed by atoms with Gasteiger partial charge in [-0.15, -0.1) is 0 Å². The summed E-state index contributed by atoms with van der Waals surface area (Å²) in [4.78, 5) is 4.53. The van der Waals surface area contributed by atoms with Gasteiger partial charge in [0.15, 0.2) is 0 Å². The van der Waals surface area contributed by atoms with E-state index in [-0.39, 0.29) is 0 Å². The van der Waals surface area contributed by atoms with Gasteiger partial charge in [0.2, 0.25) is 0 Å². The van der Waals surface area contributed by atoms with Crippen LogP contribution in [0.1, 0.15) is 25.8 Å². The van der Waals surface area contributed by atoms with Gasteiger partial charge in [0.25, 0.3) is 0 Å². The van der Waals surface area contributed by atoms with E-state index in [1.165, 1.54) is 22.4 Å². The molecule has 0 radical (unpaired) electrons. The number of hydrogen-bond donors (Lipinski definition) is 0. The average molecular weight is 237 g/mol. The van der Waals surface area contributed by atoms with E-state index < -0.39 is 0 Å². The Morgan fingerprint density at radius 2 is 1.50 bits per heavy atom. The zero-order chi connectivity index (χ0) is 12.8. The highest BCUT2D eigenvalue weighted by atomic mass is 14.7. The molecule has 2 aromatic rings. The van der Waals surface area contributed by atoms with Gasteiger partial charge < -0.3 is 0 Å². The molecular weight excluding hydrogens is 218 g/mol. The molecule has 0 amide bonds. The molecule has 0 saturated heterocycles. The van der Waals surface area contributed by atoms with E-state index in [0.717, 1.165) is 13.0 Å². The Balaban J connectivity index is 2.11. The summed E-state index contributed by atoms with van der Waals surface area (Å²) >= 11 is 0. The lowest BCUT2D eigenvalue weighted by Gasteiger charge is -2.03. The molecule has 0 N–H and O–H groups in total. The van der Waals surface area contributed by atoms with E-state index in [1.807, 2.05) is 6.07 Å². The molecule has 0 aromatic heterocycles. The third-order valence-electron chi connectivity index (χ3n) is 3.10. The normalized spacial score (nSPS) is 11.6. The minimum absolute atomic E-state index is 0.786. The summed E-state index contributed by atoms with van der Waals surface area (Å²) in [5.41, 5.74) is 5.00. The summed E-state index contributed by atoms with van der Waals surface area (Å²) in [5, 5.41) is 0. The summed E-state index contributed by atoms with van der Waals surface area (Å²) < 4.78 is 0. The number of nitrogens with zero attached hydrogens (tertiary/aromatic N) is 1. The minimum atomic E-state index is 0.786. The van der Waals surface area contributed by atoms with Crippen LogP contribution in [0, 0.1) is 0 Å². The van der Waals surface area contributed by atoms with Crippen LogP contribution in [0.3, 0.4) is 0 Å². The molecular formula is C17H19N. The Bertz CT molecular complexity index is 509. The molecule has 0 atom stereocenters. The van der Waals surface area contributed by atoms with Crippen LogP contribution in [-0.2, 0) is 6.54 Å². The number of hydrogen-bond acceptors (Lipinski definition) is 1. The van der Waals surface area contributed by atoms with Crippen LogP contribution < -0.4 is 0 Å². The lowest BCUT2D eigenvalue weighted by atomic mass is 10.0. The molecule has 0 unspecified atom stereocenters. The maximum Gasteiger partial charge on any atom is 0.0639 e. The van der Waals surface area contributed by atoms with E-state index in [9.17, 15) is 0 Å². The van der Waals surface area contributed by atoms with E-state index in [0.29, 0.717) is 0 Å². The fourth-order valence-corrected chi connectivity index (χ4v) is 1.77. The molecule has 92 valence electrons. The Morgan fingerprint density at radius 3 is 2.11 bits per heavy atom. The van der Waals surface area contributed by atoms with E-state index >= 15 is 0 Å². The minimum Gasteiger partial charge on any atom is -0.290 e. The van der Waals surface area contributed by atoms with Gasteiger partial charge in [-0.05, 0) is 30.0 Å². The summed E-state index contributed by atoms with van der Waals surface area (Å²) in [6.45, 7) is 5.00. The first kappa shape index (κ1) is 12.6. The van der Waals surface area contributed by atoms with Gasteiger partial charge in [0.05, 0.1) is 6.54 Å². The Labute approximate surface area is 109 Å². The summed E-state index contributed by atoms with van der Waals surface area (Å²) in [6.07, 6.45) is 1.03. The van der Waals surface area contributed by atoms with Crippen molar-refractivity contribution in [1.29, 1.82) is 0 Å². The highest BCUT2D eigenvalue weighted by molar-refractivity contribution is 5.81. The van der Waals surface area contributed by atoms with Crippen molar-refractivity contribution >= 4 is 5.71 Å². The smallest absolute Gasteiger partial charge is 0.0639 e. The summed E-state index contributed by atoms with van der Waals surface area (Å²) in [7, 11) is 0. The van der Waals surface area contributed by atoms with Crippen molar-refractivity contribution < 1.29 is 0 Å². The average Bonchev–Trinajstić information content (AvgIpc) is 2.46. The number of aliphatic imine (C=N–C) groups is 1. The van der Waals surface area contributed by atoms with Crippen LogP contribution in [0.25, 0.3) is 11.1 Å². The second kappa shape index (κ2) is 6.15. The van der Waals surface area contributed by atoms with E-state index in [4.69, 9.17) is 0 Å². The van der Waals surface area contributed by atoms with Gasteiger partial charge in [-0.1, -0.05) is 61.5 Å². The van der Waals surface area contributed by atoms with E-state index in [1.54, 1.807) is 0 Å². The first-order valence-corrected chi connectivity index (χ1v) is 6.44. The van der Waals surface area contributed by atoms with Crippen LogP contribution in [0.2, 0.25) is 0 Å². The van der Waals surface area contributed by atoms with Gasteiger partial charge in [0, 0.05) is 5.71 Å². The summed E-state index contributed by atoms with van der Waals surface area (Å²) in [6, 6.07) is 19.1. The number of rotatable bonds is 4. The van der Waals surface area contributed by atoms with Gasteiger partial charge in [-0.25, -0.2) is 0 Å². The quantitative estimate of drug-likeness (QED) is 0.682. The molecule has 2 rings (SSSR count). The standard InChI is InChI=1S/C17H19N/c1-3-14(2)18-13-15-9-11-17(12-10-15)16-7-5-4-6-8-16/h4-12H,3,13H2,1-2H3. The van der Waals surface area contributed by atoms with Gasteiger partial charge in [-0.3, -0.25) is 4.99 Å². The van der Waals surface area contributed by atoms with Gasteiger partial charge in [0.1, 0.15) is 0 Å². The van der Waals surface area contributed by atoms with Crippen LogP contribution in [0.5, 0.6) is 0 Å². The molecule has 1 nitrogen and oxygen atoms in total. The van der Waals surface area contributed by atoms with Crippen molar-refractivity contribution in [2.75, 3.05) is 0 Å². The molecule has 1 heteroatoms. The van der Waals surface area contributed by atoms with Crippen molar-refractivity contribution in [3.8, 4) is 11.1 Å². The Morgan fingerprint density at radius 1 is 0.889 bits per heavy atom. The zero-order valence-electron chi connectivity index (χ0n) is 11.1. The van der Waals surface area contributed by atoms with Crippen LogP contribution >= 0.6 is 0 Å². The predicted octanol–water partition coefficient (Wildman–Crippen LogP) is 4.72. The zero-order valence-corrected chi connectivity index (χ0v) is 11.1. The Kier molecular flexibility index (Phi) is 4.30. The highest BCUT2D eigenvalue weighted by Crippen LogP contribution is 2.19. The molecule has 0 saturated carbocycles. The lowest BCUT2D eigenvalue weighted by Crippen LogP contribution is -1.90. The lowest BCUT2D eigenvalue weighted by molar-refractivity contribution is 1.04. The van der Waals surface area contributed by atoms with Crippen LogP contribution in [-0.4, -0.2) is 5.71 Å². The number of benzene rings is 2. The Hall–Kier alpha value is -1.89. The van der Waals surface area contributed by atoms with Crippen molar-refractivity contribution in [1.82, 2.24) is 0 Å². The topological polar surface area (TPSA) is 12.4 Å². The molecule has 0 fully saturated rings. The molecule has 2 aromatic carbocycles. The molecule has 0 heterocycles. The second-order valence-corrected chi connectivity index (χ2v) is 4.47. The third-order valence-corrected chi connectivity index (χ3v) is 3.10. The summed E-state index contributed by atoms with van der Waals surface area (Å²) in [5.74, 6) is 0. The molecule has 0 bridgehead atoms. The SMILES string of the molecule is CCC(C)=NCc1ccc(-c2ccccc2)cc1. The van der Waals surface area contributed by atoms with E-state index in [2.05, 4.69) is 67.4 Å². The monoisotopic (exact) mass is 237 g/mol. The van der Waals surface area contributed by atoms with Crippen LogP contribution in [0.15, 0.2) is 59.6 Å². The largest absolute Gasteiger partial charge is 0.290 e. The van der Waals surface area contributed by atoms with Crippen molar-refractivity contribution in [3.63, 3.8) is 0 Å². The molecule has 0 aliphatic heterocycles. The predicted molar refractivity (Wildman–Crippen MR) is 79.0 cm³/mol. The van der Waals surface area contributed by atoms with Gasteiger partial charge >= 0.3 is 0 Å².